The maximum atomic E-state index is 14.5. The topological polar surface area (TPSA) is 48.9 Å². The summed E-state index contributed by atoms with van der Waals surface area (Å²) in [6.07, 6.45) is 0.760. The lowest BCUT2D eigenvalue weighted by Crippen LogP contribution is -2.38. The Bertz CT molecular complexity index is 857. The zero-order valence-corrected chi connectivity index (χ0v) is 19.7. The summed E-state index contributed by atoms with van der Waals surface area (Å²) in [5.74, 6) is 0.201. The lowest BCUT2D eigenvalue weighted by atomic mass is 10.1. The van der Waals surface area contributed by atoms with E-state index in [1.807, 2.05) is 24.0 Å². The minimum absolute atomic E-state index is 0. The maximum absolute atomic E-state index is 14.5. The molecule has 0 saturated carbocycles. The van der Waals surface area contributed by atoms with Crippen molar-refractivity contribution in [2.24, 2.45) is 4.99 Å². The molecule has 1 aliphatic rings. The molecule has 2 aromatic rings. The lowest BCUT2D eigenvalue weighted by molar-refractivity contribution is 0.122. The number of ether oxygens (including phenoxy) is 1. The molecule has 0 unspecified atom stereocenters. The minimum atomic E-state index is -0.221. The Morgan fingerprint density at radius 2 is 1.87 bits per heavy atom. The van der Waals surface area contributed by atoms with Crippen LogP contribution in [-0.2, 0) is 17.7 Å². The molecule has 0 atom stereocenters. The smallest absolute Gasteiger partial charge is 0.191 e. The minimum Gasteiger partial charge on any atom is -0.378 e. The number of aliphatic imine (C=N–C) groups is 1. The van der Waals surface area contributed by atoms with Crippen LogP contribution in [0, 0.1) is 18.6 Å². The Morgan fingerprint density at radius 3 is 2.53 bits per heavy atom. The molecule has 3 rings (SSSR count). The highest BCUT2D eigenvalue weighted by Gasteiger charge is 2.15. The number of rotatable bonds is 6. The van der Waals surface area contributed by atoms with Gasteiger partial charge < -0.3 is 20.3 Å². The Morgan fingerprint density at radius 1 is 1.10 bits per heavy atom. The average molecular weight is 530 g/mol. The third-order valence-electron chi connectivity index (χ3n) is 5.04. The summed E-state index contributed by atoms with van der Waals surface area (Å²) in [5.41, 5.74) is 3.49. The molecule has 2 N–H and O–H groups in total. The van der Waals surface area contributed by atoms with Crippen LogP contribution in [0.15, 0.2) is 41.4 Å². The van der Waals surface area contributed by atoms with Crippen LogP contribution in [0.1, 0.15) is 16.7 Å². The summed E-state index contributed by atoms with van der Waals surface area (Å²) in [4.78, 5) is 6.21. The molecule has 1 saturated heterocycles. The van der Waals surface area contributed by atoms with Gasteiger partial charge in [0.1, 0.15) is 11.6 Å². The summed E-state index contributed by atoms with van der Waals surface area (Å²) in [6.45, 7) is 5.70. The first kappa shape index (κ1) is 24.3. The summed E-state index contributed by atoms with van der Waals surface area (Å²) in [5, 5.41) is 6.44. The Hall–Kier alpha value is -1.94. The molecule has 0 amide bonds. The Balaban J connectivity index is 0.00000320. The molecule has 1 heterocycles. The first-order valence-corrected chi connectivity index (χ1v) is 9.87. The van der Waals surface area contributed by atoms with Crippen LogP contribution in [0.5, 0.6) is 0 Å². The molecule has 1 aliphatic heterocycles. The van der Waals surface area contributed by atoms with Crippen LogP contribution in [0.4, 0.5) is 14.5 Å². The van der Waals surface area contributed by atoms with Gasteiger partial charge in [-0.05, 0) is 54.3 Å². The van der Waals surface area contributed by atoms with Crippen LogP contribution < -0.4 is 15.5 Å². The van der Waals surface area contributed by atoms with E-state index in [1.54, 1.807) is 19.2 Å². The molecule has 0 aromatic heterocycles. The van der Waals surface area contributed by atoms with E-state index < -0.39 is 0 Å². The number of benzene rings is 2. The Labute approximate surface area is 193 Å². The molecular weight excluding hydrogens is 501 g/mol. The van der Waals surface area contributed by atoms with Crippen molar-refractivity contribution >= 4 is 35.6 Å². The third kappa shape index (κ3) is 6.80. The number of aryl methyl sites for hydroxylation is 1. The third-order valence-corrected chi connectivity index (χ3v) is 5.04. The van der Waals surface area contributed by atoms with Gasteiger partial charge in [0, 0.05) is 33.2 Å². The van der Waals surface area contributed by atoms with E-state index in [1.165, 1.54) is 12.1 Å². The quantitative estimate of drug-likeness (QED) is 0.341. The fourth-order valence-corrected chi connectivity index (χ4v) is 3.38. The summed E-state index contributed by atoms with van der Waals surface area (Å²) >= 11 is 0. The number of nitrogens with zero attached hydrogens (tertiary/aromatic N) is 2. The molecule has 0 spiro atoms. The average Bonchev–Trinajstić information content (AvgIpc) is 2.72. The van der Waals surface area contributed by atoms with Crippen molar-refractivity contribution in [2.75, 3.05) is 44.8 Å². The van der Waals surface area contributed by atoms with Crippen molar-refractivity contribution in [2.45, 2.75) is 19.9 Å². The van der Waals surface area contributed by atoms with Crippen molar-refractivity contribution in [3.8, 4) is 0 Å². The molecule has 0 bridgehead atoms. The number of nitrogens with one attached hydrogen (secondary N) is 2. The van der Waals surface area contributed by atoms with E-state index >= 15 is 0 Å². The number of hydrogen-bond acceptors (Lipinski definition) is 3. The Kier molecular flexibility index (Phi) is 9.77. The van der Waals surface area contributed by atoms with Crippen LogP contribution in [0.25, 0.3) is 0 Å². The fraction of sp³-hybridized carbons (Fsp3) is 0.409. The van der Waals surface area contributed by atoms with Crippen LogP contribution in [0.3, 0.4) is 0 Å². The second-order valence-corrected chi connectivity index (χ2v) is 7.06. The maximum Gasteiger partial charge on any atom is 0.191 e. The highest BCUT2D eigenvalue weighted by atomic mass is 127. The van der Waals surface area contributed by atoms with E-state index in [4.69, 9.17) is 4.74 Å². The van der Waals surface area contributed by atoms with Crippen LogP contribution in [0.2, 0.25) is 0 Å². The molecule has 5 nitrogen and oxygen atoms in total. The van der Waals surface area contributed by atoms with E-state index in [-0.39, 0.29) is 35.6 Å². The number of halogens is 3. The van der Waals surface area contributed by atoms with E-state index in [0.29, 0.717) is 51.0 Å². The van der Waals surface area contributed by atoms with Gasteiger partial charge in [-0.3, -0.25) is 4.99 Å². The highest BCUT2D eigenvalue weighted by Crippen LogP contribution is 2.21. The number of morpholine rings is 1. The molecule has 0 radical (unpaired) electrons. The molecule has 164 valence electrons. The van der Waals surface area contributed by atoms with Gasteiger partial charge in [-0.15, -0.1) is 24.0 Å². The SMILES string of the molecule is CN=C(NCCc1ccc(F)cc1C)NCc1ccc(N2CCOCC2)c(F)c1.I. The first-order chi connectivity index (χ1) is 14.1. The van der Waals surface area contributed by atoms with Crippen molar-refractivity contribution in [1.82, 2.24) is 10.6 Å². The summed E-state index contributed by atoms with van der Waals surface area (Å²) in [6, 6.07) is 10.1. The second-order valence-electron chi connectivity index (χ2n) is 7.06. The van der Waals surface area contributed by atoms with Crippen molar-refractivity contribution in [3.63, 3.8) is 0 Å². The normalized spacial score (nSPS) is 14.3. The number of hydrogen-bond donors (Lipinski definition) is 2. The number of anilines is 1. The molecule has 1 fully saturated rings. The second kappa shape index (κ2) is 12.0. The zero-order valence-electron chi connectivity index (χ0n) is 17.4. The predicted octanol–water partition coefficient (Wildman–Crippen LogP) is 3.64. The van der Waals surface area contributed by atoms with Gasteiger partial charge in [-0.2, -0.15) is 0 Å². The van der Waals surface area contributed by atoms with Gasteiger partial charge in [-0.1, -0.05) is 12.1 Å². The van der Waals surface area contributed by atoms with Gasteiger partial charge in [0.25, 0.3) is 0 Å². The van der Waals surface area contributed by atoms with Gasteiger partial charge in [-0.25, -0.2) is 8.78 Å². The van der Waals surface area contributed by atoms with Gasteiger partial charge in [0.05, 0.1) is 18.9 Å². The predicted molar refractivity (Wildman–Crippen MR) is 128 cm³/mol. The van der Waals surface area contributed by atoms with Crippen molar-refractivity contribution in [1.29, 1.82) is 0 Å². The zero-order chi connectivity index (χ0) is 20.6. The highest BCUT2D eigenvalue weighted by molar-refractivity contribution is 14.0. The van der Waals surface area contributed by atoms with Crippen molar-refractivity contribution in [3.05, 3.63) is 64.7 Å². The molecule has 8 heteroatoms. The van der Waals surface area contributed by atoms with Crippen LogP contribution >= 0.6 is 24.0 Å². The largest absolute Gasteiger partial charge is 0.378 e. The van der Waals surface area contributed by atoms with Gasteiger partial charge >= 0.3 is 0 Å². The number of guanidine groups is 1. The lowest BCUT2D eigenvalue weighted by Gasteiger charge is -2.29. The van der Waals surface area contributed by atoms with Crippen molar-refractivity contribution < 1.29 is 13.5 Å². The summed E-state index contributed by atoms with van der Waals surface area (Å²) in [7, 11) is 1.70. The van der Waals surface area contributed by atoms with Gasteiger partial charge in [0.2, 0.25) is 0 Å². The van der Waals surface area contributed by atoms with E-state index in [0.717, 1.165) is 23.1 Å². The van der Waals surface area contributed by atoms with Gasteiger partial charge in [0.15, 0.2) is 5.96 Å². The standard InChI is InChI=1S/C22H28F2N4O.HI/c1-16-13-19(23)5-4-18(16)7-8-26-22(25-2)27-15-17-3-6-21(20(24)14-17)28-9-11-29-12-10-28;/h3-6,13-14H,7-12,15H2,1-2H3,(H2,25,26,27);1H. The molecule has 0 aliphatic carbocycles. The van der Waals surface area contributed by atoms with E-state index in [2.05, 4.69) is 15.6 Å². The fourth-order valence-electron chi connectivity index (χ4n) is 3.38. The molecule has 30 heavy (non-hydrogen) atoms. The first-order valence-electron chi connectivity index (χ1n) is 9.87. The molecular formula is C22H29F2IN4O. The van der Waals surface area contributed by atoms with E-state index in [9.17, 15) is 8.78 Å². The van der Waals surface area contributed by atoms with Crippen LogP contribution in [-0.4, -0.2) is 45.9 Å². The monoisotopic (exact) mass is 530 g/mol. The molecule has 2 aromatic carbocycles. The summed E-state index contributed by atoms with van der Waals surface area (Å²) < 4.78 is 33.0.